The molecule has 118 valence electrons. The molecule has 1 heterocycles. The van der Waals surface area contributed by atoms with E-state index in [0.717, 1.165) is 32.5 Å². The second kappa shape index (κ2) is 7.38. The van der Waals surface area contributed by atoms with E-state index in [4.69, 9.17) is 10.5 Å². The zero-order valence-corrected chi connectivity index (χ0v) is 13.6. The van der Waals surface area contributed by atoms with Crippen LogP contribution < -0.4 is 11.1 Å². The van der Waals surface area contributed by atoms with Crippen LogP contribution in [0.1, 0.15) is 47.5 Å². The molecule has 0 radical (unpaired) electrons. The summed E-state index contributed by atoms with van der Waals surface area (Å²) in [7, 11) is 0. The van der Waals surface area contributed by atoms with Crippen molar-refractivity contribution >= 4 is 5.91 Å². The number of nitrogens with two attached hydrogens (primary N) is 1. The van der Waals surface area contributed by atoms with Crippen molar-refractivity contribution < 1.29 is 9.53 Å². The minimum Gasteiger partial charge on any atom is -0.373 e. The Morgan fingerprint density at radius 1 is 1.40 bits per heavy atom. The maximum atomic E-state index is 11.7. The number of primary amides is 1. The summed E-state index contributed by atoms with van der Waals surface area (Å²) in [5.74, 6) is -0.269. The first-order valence-corrected chi connectivity index (χ1v) is 7.68. The number of carbonyl (C=O) groups excluding carboxylic acids is 1. The molecule has 1 aliphatic rings. The van der Waals surface area contributed by atoms with Gasteiger partial charge in [-0.1, -0.05) is 0 Å². The molecule has 5 heteroatoms. The number of ether oxygens (including phenoxy) is 1. The number of nitrogens with one attached hydrogen (secondary N) is 1. The van der Waals surface area contributed by atoms with Gasteiger partial charge in [-0.25, -0.2) is 0 Å². The Balaban J connectivity index is 2.42. The molecule has 1 fully saturated rings. The highest BCUT2D eigenvalue weighted by Gasteiger charge is 2.31. The summed E-state index contributed by atoms with van der Waals surface area (Å²) in [6.07, 6.45) is 2.30. The van der Waals surface area contributed by atoms with Crippen molar-refractivity contribution in [3.8, 4) is 0 Å². The van der Waals surface area contributed by atoms with E-state index in [2.05, 4.69) is 24.1 Å². The molecule has 0 spiro atoms. The quantitative estimate of drug-likeness (QED) is 0.735. The average molecular weight is 285 g/mol. The maximum absolute atomic E-state index is 11.7. The molecule has 1 aliphatic heterocycles. The van der Waals surface area contributed by atoms with Crippen molar-refractivity contribution in [3.63, 3.8) is 0 Å². The summed E-state index contributed by atoms with van der Waals surface area (Å²) in [6.45, 7) is 13.1. The monoisotopic (exact) mass is 285 g/mol. The third-order valence-corrected chi connectivity index (χ3v) is 3.80. The molecule has 1 amide bonds. The van der Waals surface area contributed by atoms with Gasteiger partial charge in [0.15, 0.2) is 0 Å². The Kier molecular flexibility index (Phi) is 6.43. The van der Waals surface area contributed by atoms with Gasteiger partial charge < -0.3 is 15.8 Å². The average Bonchev–Trinajstić information content (AvgIpc) is 2.26. The maximum Gasteiger partial charge on any atom is 0.237 e. The van der Waals surface area contributed by atoms with Gasteiger partial charge >= 0.3 is 0 Å². The highest BCUT2D eigenvalue weighted by atomic mass is 16.5. The first-order valence-electron chi connectivity index (χ1n) is 7.68. The minimum absolute atomic E-state index is 0.246. The van der Waals surface area contributed by atoms with Crippen molar-refractivity contribution in [3.05, 3.63) is 0 Å². The van der Waals surface area contributed by atoms with Gasteiger partial charge in [-0.15, -0.1) is 0 Å². The molecule has 0 aromatic heterocycles. The van der Waals surface area contributed by atoms with Crippen LogP contribution in [0.15, 0.2) is 0 Å². The van der Waals surface area contributed by atoms with Crippen LogP contribution in [0.2, 0.25) is 0 Å². The lowest BCUT2D eigenvalue weighted by atomic mass is 9.93. The van der Waals surface area contributed by atoms with E-state index < -0.39 is 5.54 Å². The van der Waals surface area contributed by atoms with Crippen LogP contribution >= 0.6 is 0 Å². The van der Waals surface area contributed by atoms with E-state index in [-0.39, 0.29) is 24.2 Å². The van der Waals surface area contributed by atoms with Gasteiger partial charge in [0.2, 0.25) is 5.91 Å². The van der Waals surface area contributed by atoms with Gasteiger partial charge in [-0.3, -0.25) is 9.69 Å². The van der Waals surface area contributed by atoms with Crippen molar-refractivity contribution in [2.75, 3.05) is 19.6 Å². The van der Waals surface area contributed by atoms with E-state index in [1.165, 1.54) is 0 Å². The number of rotatable bonds is 7. The third kappa shape index (κ3) is 5.38. The number of nitrogens with zero attached hydrogens (tertiary/aromatic N) is 1. The summed E-state index contributed by atoms with van der Waals surface area (Å²) >= 11 is 0. The van der Waals surface area contributed by atoms with Gasteiger partial charge in [0, 0.05) is 19.1 Å². The minimum atomic E-state index is -0.613. The number of hydrogen-bond donors (Lipinski definition) is 2. The van der Waals surface area contributed by atoms with Gasteiger partial charge in [0.05, 0.1) is 17.7 Å². The van der Waals surface area contributed by atoms with E-state index in [1.54, 1.807) is 0 Å². The lowest BCUT2D eigenvalue weighted by molar-refractivity contribution is -0.124. The van der Waals surface area contributed by atoms with Crippen LogP contribution in [0.5, 0.6) is 0 Å². The molecule has 0 aromatic rings. The van der Waals surface area contributed by atoms with E-state index in [0.29, 0.717) is 0 Å². The van der Waals surface area contributed by atoms with Crippen LogP contribution in [0.4, 0.5) is 0 Å². The Labute approximate surface area is 123 Å². The second-order valence-electron chi connectivity index (χ2n) is 6.62. The zero-order valence-electron chi connectivity index (χ0n) is 13.6. The number of amides is 1. The molecular formula is C15H31N3O2. The number of morpholine rings is 1. The van der Waals surface area contributed by atoms with Gasteiger partial charge in [0.25, 0.3) is 0 Å². The summed E-state index contributed by atoms with van der Waals surface area (Å²) in [5.41, 5.74) is 4.93. The smallest absolute Gasteiger partial charge is 0.237 e. The molecule has 0 aromatic carbocycles. The molecule has 3 unspecified atom stereocenters. The highest BCUT2D eigenvalue weighted by Crippen LogP contribution is 2.16. The number of carbonyl (C=O) groups is 1. The topological polar surface area (TPSA) is 67.6 Å². The van der Waals surface area contributed by atoms with Crippen molar-refractivity contribution in [1.82, 2.24) is 10.2 Å². The standard InChI is InChI=1S/C15H31N3O2/c1-11(2)17-15(5,14(16)19)7-6-8-18-9-12(3)20-13(4)10-18/h11-13,17H,6-10H2,1-5H3,(H2,16,19). The molecule has 1 saturated heterocycles. The molecule has 3 atom stereocenters. The van der Waals surface area contributed by atoms with Gasteiger partial charge in [-0.2, -0.15) is 0 Å². The lowest BCUT2D eigenvalue weighted by Gasteiger charge is -2.36. The Hall–Kier alpha value is -0.650. The largest absolute Gasteiger partial charge is 0.373 e. The van der Waals surface area contributed by atoms with Crippen LogP contribution in [0.3, 0.4) is 0 Å². The van der Waals surface area contributed by atoms with E-state index in [9.17, 15) is 4.79 Å². The summed E-state index contributed by atoms with van der Waals surface area (Å²) in [5, 5.41) is 3.29. The Morgan fingerprint density at radius 2 is 1.95 bits per heavy atom. The van der Waals surface area contributed by atoms with E-state index >= 15 is 0 Å². The summed E-state index contributed by atoms with van der Waals surface area (Å²) < 4.78 is 5.73. The Morgan fingerprint density at radius 3 is 2.40 bits per heavy atom. The summed E-state index contributed by atoms with van der Waals surface area (Å²) in [6, 6.07) is 0.246. The number of hydrogen-bond acceptors (Lipinski definition) is 4. The fraction of sp³-hybridized carbons (Fsp3) is 0.933. The van der Waals surface area contributed by atoms with Crippen LogP contribution in [0.25, 0.3) is 0 Å². The zero-order chi connectivity index (χ0) is 15.3. The molecule has 1 rings (SSSR count). The lowest BCUT2D eigenvalue weighted by Crippen LogP contribution is -2.55. The SMILES string of the molecule is CC(C)NC(C)(CCCN1CC(C)OC(C)C1)C(N)=O. The fourth-order valence-corrected chi connectivity index (χ4v) is 3.03. The van der Waals surface area contributed by atoms with Crippen LogP contribution in [-0.2, 0) is 9.53 Å². The van der Waals surface area contributed by atoms with Crippen molar-refractivity contribution in [2.45, 2.75) is 71.2 Å². The molecule has 5 nitrogen and oxygen atoms in total. The molecule has 3 N–H and O–H groups in total. The molecule has 0 saturated carbocycles. The van der Waals surface area contributed by atoms with Crippen molar-refractivity contribution in [1.29, 1.82) is 0 Å². The second-order valence-corrected chi connectivity index (χ2v) is 6.62. The first kappa shape index (κ1) is 17.4. The van der Waals surface area contributed by atoms with Crippen molar-refractivity contribution in [2.24, 2.45) is 5.73 Å². The molecule has 20 heavy (non-hydrogen) atoms. The first-order chi connectivity index (χ1) is 9.23. The van der Waals surface area contributed by atoms with Gasteiger partial charge in [0.1, 0.15) is 0 Å². The predicted octanol–water partition coefficient (Wildman–Crippen LogP) is 1.12. The highest BCUT2D eigenvalue weighted by molar-refractivity contribution is 5.84. The van der Waals surface area contributed by atoms with Crippen LogP contribution in [-0.4, -0.2) is 54.2 Å². The van der Waals surface area contributed by atoms with Gasteiger partial charge in [-0.05, 0) is 54.0 Å². The Bertz CT molecular complexity index is 312. The predicted molar refractivity (Wildman–Crippen MR) is 81.6 cm³/mol. The van der Waals surface area contributed by atoms with Crippen LogP contribution in [0, 0.1) is 0 Å². The van der Waals surface area contributed by atoms with E-state index in [1.807, 2.05) is 20.8 Å². The third-order valence-electron chi connectivity index (χ3n) is 3.80. The summed E-state index contributed by atoms with van der Waals surface area (Å²) in [4.78, 5) is 14.1. The fourth-order valence-electron chi connectivity index (χ4n) is 3.03. The molecule has 0 aliphatic carbocycles. The molecular weight excluding hydrogens is 254 g/mol. The normalized spacial score (nSPS) is 27.5. The molecule has 0 bridgehead atoms.